The molecular weight excluding hydrogens is 368 g/mol. The number of hydrogen-bond acceptors (Lipinski definition) is 6. The zero-order valence-corrected chi connectivity index (χ0v) is 16.0. The van der Waals surface area contributed by atoms with Crippen LogP contribution in [-0.2, 0) is 9.53 Å². The van der Waals surface area contributed by atoms with Gasteiger partial charge in [0, 0.05) is 10.6 Å². The van der Waals surface area contributed by atoms with Gasteiger partial charge in [0.1, 0.15) is 5.75 Å². The van der Waals surface area contributed by atoms with E-state index in [1.165, 1.54) is 0 Å². The van der Waals surface area contributed by atoms with Gasteiger partial charge < -0.3 is 13.9 Å². The zero-order valence-electron chi connectivity index (χ0n) is 15.2. The number of nitrogens with zero attached hydrogens (tertiary/aromatic N) is 2. The van der Waals surface area contributed by atoms with E-state index in [0.29, 0.717) is 16.7 Å². The topological polar surface area (TPSA) is 74.5 Å². The number of halogens is 1. The van der Waals surface area contributed by atoms with Crippen LogP contribution in [0, 0.1) is 13.8 Å². The Morgan fingerprint density at radius 2 is 1.89 bits per heavy atom. The molecule has 0 saturated heterocycles. The lowest BCUT2D eigenvalue weighted by molar-refractivity contribution is -0.152. The van der Waals surface area contributed by atoms with E-state index in [1.807, 2.05) is 38.1 Å². The van der Waals surface area contributed by atoms with Crippen molar-refractivity contribution in [3.8, 4) is 17.2 Å². The molecule has 0 spiro atoms. The maximum atomic E-state index is 12.0. The molecule has 2 aromatic carbocycles. The third kappa shape index (κ3) is 4.86. The third-order valence-electron chi connectivity index (χ3n) is 3.88. The number of carbonyl (C=O) groups is 1. The average molecular weight is 387 g/mol. The highest BCUT2D eigenvalue weighted by Gasteiger charge is 2.19. The lowest BCUT2D eigenvalue weighted by atomic mass is 10.1. The van der Waals surface area contributed by atoms with Gasteiger partial charge in [-0.15, -0.1) is 10.2 Å². The van der Waals surface area contributed by atoms with Crippen molar-refractivity contribution < 1.29 is 18.7 Å². The molecule has 0 aliphatic carbocycles. The van der Waals surface area contributed by atoms with Crippen LogP contribution in [0.25, 0.3) is 11.5 Å². The van der Waals surface area contributed by atoms with Gasteiger partial charge in [-0.3, -0.25) is 0 Å². The van der Waals surface area contributed by atoms with E-state index >= 15 is 0 Å². The Labute approximate surface area is 162 Å². The number of hydrogen-bond donors (Lipinski definition) is 0. The molecular formula is C20H19ClN2O4. The molecule has 0 fully saturated rings. The largest absolute Gasteiger partial charge is 0.482 e. The highest BCUT2D eigenvalue weighted by Crippen LogP contribution is 2.23. The standard InChI is InChI=1S/C20H19ClN2O4/c1-12-4-6-15(7-5-12)20-23-22-19(27-20)14(3)26-18(24)11-25-16-8-9-17(21)13(2)10-16/h4-10,14H,11H2,1-3H3/t14-/m0/s1. The minimum absolute atomic E-state index is 0.223. The van der Waals surface area contributed by atoms with Gasteiger partial charge in [-0.1, -0.05) is 29.3 Å². The van der Waals surface area contributed by atoms with Gasteiger partial charge in [-0.2, -0.15) is 0 Å². The summed E-state index contributed by atoms with van der Waals surface area (Å²) in [6, 6.07) is 12.9. The van der Waals surface area contributed by atoms with E-state index in [9.17, 15) is 4.79 Å². The van der Waals surface area contributed by atoms with Crippen molar-refractivity contribution in [3.05, 3.63) is 64.5 Å². The van der Waals surface area contributed by atoms with E-state index in [2.05, 4.69) is 10.2 Å². The first-order chi connectivity index (χ1) is 12.9. The SMILES string of the molecule is Cc1ccc(-c2nnc([C@H](C)OC(=O)COc3ccc(Cl)c(C)c3)o2)cc1. The molecule has 7 heteroatoms. The Morgan fingerprint density at radius 1 is 1.15 bits per heavy atom. The zero-order chi connectivity index (χ0) is 19.4. The first-order valence-corrected chi connectivity index (χ1v) is 8.79. The van der Waals surface area contributed by atoms with Crippen molar-refractivity contribution >= 4 is 17.6 Å². The van der Waals surface area contributed by atoms with Gasteiger partial charge in [-0.25, -0.2) is 4.79 Å². The quantitative estimate of drug-likeness (QED) is 0.572. The first-order valence-electron chi connectivity index (χ1n) is 8.41. The lowest BCUT2D eigenvalue weighted by Crippen LogP contribution is -2.17. The summed E-state index contributed by atoms with van der Waals surface area (Å²) in [6.07, 6.45) is -0.681. The summed E-state index contributed by atoms with van der Waals surface area (Å²) in [6.45, 7) is 5.29. The summed E-state index contributed by atoms with van der Waals surface area (Å²) in [7, 11) is 0. The molecule has 3 aromatic rings. The maximum absolute atomic E-state index is 12.0. The Kier molecular flexibility index (Phi) is 5.76. The molecule has 140 valence electrons. The van der Waals surface area contributed by atoms with E-state index in [0.717, 1.165) is 16.7 Å². The molecule has 0 saturated carbocycles. The highest BCUT2D eigenvalue weighted by molar-refractivity contribution is 6.31. The van der Waals surface area contributed by atoms with Gasteiger partial charge >= 0.3 is 5.97 Å². The van der Waals surface area contributed by atoms with Gasteiger partial charge in [0.2, 0.25) is 5.89 Å². The van der Waals surface area contributed by atoms with Crippen LogP contribution in [-0.4, -0.2) is 22.8 Å². The minimum Gasteiger partial charge on any atom is -0.482 e. The molecule has 0 unspecified atom stereocenters. The molecule has 0 amide bonds. The molecule has 1 atom stereocenters. The van der Waals surface area contributed by atoms with Crippen LogP contribution in [0.4, 0.5) is 0 Å². The molecule has 1 aromatic heterocycles. The normalized spacial score (nSPS) is 11.9. The number of aryl methyl sites for hydroxylation is 2. The maximum Gasteiger partial charge on any atom is 0.344 e. The summed E-state index contributed by atoms with van der Waals surface area (Å²) in [5, 5.41) is 8.60. The second-order valence-electron chi connectivity index (χ2n) is 6.14. The summed E-state index contributed by atoms with van der Waals surface area (Å²) < 4.78 is 16.3. The number of benzene rings is 2. The van der Waals surface area contributed by atoms with Gasteiger partial charge in [-0.05, 0) is 56.7 Å². The van der Waals surface area contributed by atoms with E-state index < -0.39 is 12.1 Å². The Balaban J connectivity index is 1.56. The number of aromatic nitrogens is 2. The number of ether oxygens (including phenoxy) is 2. The monoisotopic (exact) mass is 386 g/mol. The summed E-state index contributed by atoms with van der Waals surface area (Å²) in [5.41, 5.74) is 2.81. The predicted octanol–water partition coefficient (Wildman–Crippen LogP) is 4.69. The van der Waals surface area contributed by atoms with Crippen LogP contribution in [0.2, 0.25) is 5.02 Å². The molecule has 0 N–H and O–H groups in total. The number of carbonyl (C=O) groups excluding carboxylic acids is 1. The van der Waals surface area contributed by atoms with Crippen LogP contribution in [0.15, 0.2) is 46.9 Å². The van der Waals surface area contributed by atoms with Crippen molar-refractivity contribution in [3.63, 3.8) is 0 Å². The summed E-state index contributed by atoms with van der Waals surface area (Å²) >= 11 is 5.96. The van der Waals surface area contributed by atoms with Crippen LogP contribution in [0.3, 0.4) is 0 Å². The van der Waals surface area contributed by atoms with Crippen LogP contribution in [0.5, 0.6) is 5.75 Å². The van der Waals surface area contributed by atoms with Crippen LogP contribution in [0.1, 0.15) is 30.0 Å². The average Bonchev–Trinajstić information content (AvgIpc) is 3.13. The van der Waals surface area contributed by atoms with E-state index in [-0.39, 0.29) is 12.5 Å². The fourth-order valence-corrected chi connectivity index (χ4v) is 2.46. The summed E-state index contributed by atoms with van der Waals surface area (Å²) in [4.78, 5) is 12.0. The van der Waals surface area contributed by atoms with Gasteiger partial charge in [0.25, 0.3) is 5.89 Å². The predicted molar refractivity (Wildman–Crippen MR) is 101 cm³/mol. The molecule has 6 nitrogen and oxygen atoms in total. The first kappa shape index (κ1) is 18.9. The fraction of sp³-hybridized carbons (Fsp3) is 0.250. The fourth-order valence-electron chi connectivity index (χ4n) is 2.34. The minimum atomic E-state index is -0.681. The van der Waals surface area contributed by atoms with Crippen LogP contribution < -0.4 is 4.74 Å². The van der Waals surface area contributed by atoms with Gasteiger partial charge in [0.05, 0.1) is 0 Å². The Hall–Kier alpha value is -2.86. The van der Waals surface area contributed by atoms with E-state index in [1.54, 1.807) is 25.1 Å². The molecule has 0 aliphatic heterocycles. The van der Waals surface area contributed by atoms with Crippen molar-refractivity contribution in [2.24, 2.45) is 0 Å². The van der Waals surface area contributed by atoms with Crippen molar-refractivity contribution in [2.45, 2.75) is 26.9 Å². The molecule has 0 aliphatic rings. The van der Waals surface area contributed by atoms with Crippen LogP contribution >= 0.6 is 11.6 Å². The van der Waals surface area contributed by atoms with E-state index in [4.69, 9.17) is 25.5 Å². The summed E-state index contributed by atoms with van der Waals surface area (Å²) in [5.74, 6) is 0.605. The Bertz CT molecular complexity index is 937. The number of rotatable bonds is 6. The lowest BCUT2D eigenvalue weighted by Gasteiger charge is -2.11. The molecule has 0 bridgehead atoms. The third-order valence-corrected chi connectivity index (χ3v) is 4.31. The second kappa shape index (κ2) is 8.22. The highest BCUT2D eigenvalue weighted by atomic mass is 35.5. The molecule has 27 heavy (non-hydrogen) atoms. The second-order valence-corrected chi connectivity index (χ2v) is 6.55. The molecule has 1 heterocycles. The Morgan fingerprint density at radius 3 is 2.59 bits per heavy atom. The smallest absolute Gasteiger partial charge is 0.344 e. The van der Waals surface area contributed by atoms with Crippen molar-refractivity contribution in [1.82, 2.24) is 10.2 Å². The molecule has 0 radical (unpaired) electrons. The van der Waals surface area contributed by atoms with Gasteiger partial charge in [0.15, 0.2) is 12.7 Å². The number of esters is 1. The molecule has 3 rings (SSSR count). The van der Waals surface area contributed by atoms with Crippen molar-refractivity contribution in [1.29, 1.82) is 0 Å². The van der Waals surface area contributed by atoms with Crippen molar-refractivity contribution in [2.75, 3.05) is 6.61 Å².